The van der Waals surface area contributed by atoms with Crippen molar-refractivity contribution in [3.63, 3.8) is 0 Å². The van der Waals surface area contributed by atoms with Crippen molar-refractivity contribution in [2.75, 3.05) is 4.90 Å². The largest absolute Gasteiger partial charge is 0.310 e. The van der Waals surface area contributed by atoms with E-state index in [0.29, 0.717) is 0 Å². The molecule has 0 radical (unpaired) electrons. The second-order valence-corrected chi connectivity index (χ2v) is 19.8. The van der Waals surface area contributed by atoms with Crippen LogP contribution in [0.4, 0.5) is 17.1 Å². The molecule has 0 bridgehead atoms. The van der Waals surface area contributed by atoms with Crippen LogP contribution in [0.3, 0.4) is 0 Å². The van der Waals surface area contributed by atoms with Gasteiger partial charge in [0.25, 0.3) is 0 Å². The van der Waals surface area contributed by atoms with E-state index in [1.54, 1.807) is 0 Å². The molecule has 274 valence electrons. The third-order valence-corrected chi connectivity index (χ3v) is 17.7. The van der Waals surface area contributed by atoms with E-state index in [4.69, 9.17) is 0 Å². The molecule has 11 rings (SSSR count). The average Bonchev–Trinajstić information content (AvgIpc) is 3.85. The van der Waals surface area contributed by atoms with Gasteiger partial charge in [-0.3, -0.25) is 0 Å². The summed E-state index contributed by atoms with van der Waals surface area (Å²) in [7, 11) is -2.71. The number of nitrogens with zero attached hydrogens (tertiary/aromatic N) is 2. The van der Waals surface area contributed by atoms with E-state index >= 15 is 0 Å². The third kappa shape index (κ3) is 5.45. The number of fused-ring (bicyclic) bond motifs is 6. The first-order chi connectivity index (χ1) is 28.8. The zero-order chi connectivity index (χ0) is 38.5. The monoisotopic (exact) mass is 774 g/mol. The fourth-order valence-electron chi connectivity index (χ4n) is 9.25. The maximum atomic E-state index is 2.48. The molecule has 2 heterocycles. The van der Waals surface area contributed by atoms with Crippen molar-refractivity contribution in [2.24, 2.45) is 0 Å². The second kappa shape index (κ2) is 14.2. The number of hydrogen-bond donors (Lipinski definition) is 0. The minimum absolute atomic E-state index is 1.11. The van der Waals surface area contributed by atoms with Crippen LogP contribution in [0.15, 0.2) is 231 Å². The normalized spacial score (nSPS) is 11.8. The molecule has 2 nitrogen and oxygen atoms in total. The zero-order valence-corrected chi connectivity index (χ0v) is 33.6. The van der Waals surface area contributed by atoms with Crippen LogP contribution in [0.5, 0.6) is 0 Å². The van der Waals surface area contributed by atoms with Gasteiger partial charge < -0.3 is 9.47 Å². The molecule has 0 spiro atoms. The first kappa shape index (κ1) is 34.3. The van der Waals surface area contributed by atoms with Gasteiger partial charge >= 0.3 is 0 Å². The summed E-state index contributed by atoms with van der Waals surface area (Å²) >= 11 is 1.86. The van der Waals surface area contributed by atoms with Crippen molar-refractivity contribution in [1.29, 1.82) is 0 Å². The van der Waals surface area contributed by atoms with Crippen molar-refractivity contribution >= 4 is 99.2 Å². The van der Waals surface area contributed by atoms with Crippen molar-refractivity contribution in [1.82, 2.24) is 4.57 Å². The first-order valence-electron chi connectivity index (χ1n) is 19.9. The summed E-state index contributed by atoms with van der Waals surface area (Å²) in [5.41, 5.74) is 6.91. The lowest BCUT2D eigenvalue weighted by Gasteiger charge is -2.35. The molecule has 0 aliphatic rings. The maximum Gasteiger partial charge on any atom is 0.179 e. The Bertz CT molecular complexity index is 3110. The van der Waals surface area contributed by atoms with Crippen LogP contribution in [-0.4, -0.2) is 12.6 Å². The molecular weight excluding hydrogens is 737 g/mol. The zero-order valence-electron chi connectivity index (χ0n) is 31.7. The third-order valence-electron chi connectivity index (χ3n) is 11.7. The molecule has 0 fully saturated rings. The Kier molecular flexibility index (Phi) is 8.39. The molecule has 9 aromatic carbocycles. The highest BCUT2D eigenvalue weighted by molar-refractivity contribution is 7.25. The standard InChI is InChI=1S/C54H38N2SSi/c1-5-18-39(19-6-1)56-49-28-15-13-27-47(49)54-50(29-17-30-51(54)56)55(41-34-37-53-48(38-41)46-26-14-16-31-52(46)57-53)40-32-35-45(36-33-40)58(42-20-7-2-8-21-42,43-22-9-3-10-23-43)44-24-11-4-12-25-44/h1-38H. The molecular formula is C54H38N2SSi. The second-order valence-electron chi connectivity index (χ2n) is 14.9. The SMILES string of the molecule is c1ccc(-n2c3ccccc3c3c(N(c4ccc([Si](c5ccccc5)(c5ccccc5)c5ccccc5)cc4)c4ccc5sc6ccccc6c5c4)cccc32)cc1. The van der Waals surface area contributed by atoms with Crippen LogP contribution in [-0.2, 0) is 0 Å². The van der Waals surface area contributed by atoms with E-state index in [-0.39, 0.29) is 0 Å². The number of anilines is 3. The Morgan fingerprint density at radius 1 is 0.362 bits per heavy atom. The lowest BCUT2D eigenvalue weighted by Crippen LogP contribution is -2.74. The van der Waals surface area contributed by atoms with Crippen molar-refractivity contribution < 1.29 is 0 Å². The van der Waals surface area contributed by atoms with Gasteiger partial charge in [0.05, 0.1) is 16.7 Å². The van der Waals surface area contributed by atoms with Gasteiger partial charge in [0.15, 0.2) is 8.07 Å². The van der Waals surface area contributed by atoms with Gasteiger partial charge in [-0.15, -0.1) is 11.3 Å². The lowest BCUT2D eigenvalue weighted by atomic mass is 10.1. The molecule has 0 aliphatic carbocycles. The summed E-state index contributed by atoms with van der Waals surface area (Å²) < 4.78 is 5.01. The van der Waals surface area contributed by atoms with E-state index < -0.39 is 8.07 Å². The molecule has 4 heteroatoms. The number of benzene rings is 9. The Labute approximate surface area is 343 Å². The van der Waals surface area contributed by atoms with Gasteiger partial charge in [-0.25, -0.2) is 0 Å². The van der Waals surface area contributed by atoms with Crippen LogP contribution in [0.25, 0.3) is 47.7 Å². The molecule has 2 aromatic heterocycles. The quantitative estimate of drug-likeness (QED) is 0.110. The molecule has 0 saturated carbocycles. The predicted molar refractivity (Wildman–Crippen MR) is 252 cm³/mol. The highest BCUT2D eigenvalue weighted by Gasteiger charge is 2.41. The Morgan fingerprint density at radius 2 is 0.862 bits per heavy atom. The van der Waals surface area contributed by atoms with Crippen LogP contribution in [0, 0.1) is 0 Å². The fourth-order valence-corrected chi connectivity index (χ4v) is 15.1. The number of aromatic nitrogens is 1. The van der Waals surface area contributed by atoms with Gasteiger partial charge in [-0.2, -0.15) is 0 Å². The van der Waals surface area contributed by atoms with Crippen molar-refractivity contribution in [3.8, 4) is 5.69 Å². The van der Waals surface area contributed by atoms with Gasteiger partial charge in [0.2, 0.25) is 0 Å². The first-order valence-corrected chi connectivity index (χ1v) is 22.7. The van der Waals surface area contributed by atoms with Crippen LogP contribution in [0.1, 0.15) is 0 Å². The summed E-state index contributed by atoms with van der Waals surface area (Å²) in [4.78, 5) is 2.48. The number of hydrogen-bond acceptors (Lipinski definition) is 2. The minimum atomic E-state index is -2.71. The van der Waals surface area contributed by atoms with Gasteiger partial charge in [-0.05, 0) is 87.5 Å². The Morgan fingerprint density at radius 3 is 1.52 bits per heavy atom. The van der Waals surface area contributed by atoms with Crippen molar-refractivity contribution in [3.05, 3.63) is 231 Å². The molecule has 58 heavy (non-hydrogen) atoms. The minimum Gasteiger partial charge on any atom is -0.310 e. The summed E-state index contributed by atoms with van der Waals surface area (Å²) in [6, 6.07) is 85.2. The van der Waals surface area contributed by atoms with Gasteiger partial charge in [0, 0.05) is 48.0 Å². The summed E-state index contributed by atoms with van der Waals surface area (Å²) in [5, 5.41) is 10.5. The highest BCUT2D eigenvalue weighted by atomic mass is 32.1. The predicted octanol–water partition coefficient (Wildman–Crippen LogP) is 12.0. The Balaban J connectivity index is 1.18. The van der Waals surface area contributed by atoms with E-state index in [2.05, 4.69) is 240 Å². The molecule has 0 saturated heterocycles. The van der Waals surface area contributed by atoms with E-state index in [1.807, 2.05) is 11.3 Å². The maximum absolute atomic E-state index is 2.71. The summed E-state index contributed by atoms with van der Waals surface area (Å²) in [6.07, 6.45) is 0. The molecule has 0 aliphatic heterocycles. The Hall–Kier alpha value is -6.98. The molecule has 0 atom stereocenters. The van der Waals surface area contributed by atoms with E-state index in [9.17, 15) is 0 Å². The van der Waals surface area contributed by atoms with Crippen LogP contribution >= 0.6 is 11.3 Å². The van der Waals surface area contributed by atoms with Crippen LogP contribution < -0.4 is 25.6 Å². The average molecular weight is 775 g/mol. The molecule has 0 amide bonds. The van der Waals surface area contributed by atoms with E-state index in [0.717, 1.165) is 22.7 Å². The fraction of sp³-hybridized carbons (Fsp3) is 0. The number of rotatable bonds is 8. The number of thiophene rings is 1. The smallest absolute Gasteiger partial charge is 0.179 e. The number of para-hydroxylation sites is 2. The van der Waals surface area contributed by atoms with E-state index in [1.165, 1.54) is 62.7 Å². The summed E-state index contributed by atoms with van der Waals surface area (Å²) in [5.74, 6) is 0. The summed E-state index contributed by atoms with van der Waals surface area (Å²) in [6.45, 7) is 0. The lowest BCUT2D eigenvalue weighted by molar-refractivity contribution is 1.18. The van der Waals surface area contributed by atoms with Crippen molar-refractivity contribution in [2.45, 2.75) is 0 Å². The van der Waals surface area contributed by atoms with Gasteiger partial charge in [0.1, 0.15) is 0 Å². The van der Waals surface area contributed by atoms with Gasteiger partial charge in [-0.1, -0.05) is 164 Å². The molecule has 0 N–H and O–H groups in total. The molecule has 11 aromatic rings. The highest BCUT2D eigenvalue weighted by Crippen LogP contribution is 2.45. The molecule has 0 unspecified atom stereocenters. The van der Waals surface area contributed by atoms with Crippen LogP contribution in [0.2, 0.25) is 0 Å². The topological polar surface area (TPSA) is 8.17 Å².